The minimum atomic E-state index is -0.0653. The first-order chi connectivity index (χ1) is 6.67. The third kappa shape index (κ3) is 2.97. The summed E-state index contributed by atoms with van der Waals surface area (Å²) in [6.45, 7) is 3.14. The first-order valence-electron chi connectivity index (χ1n) is 5.42. The highest BCUT2D eigenvalue weighted by Gasteiger charge is 2.29. The second-order valence-electron chi connectivity index (χ2n) is 4.36. The van der Waals surface area contributed by atoms with Gasteiger partial charge in [0.05, 0.1) is 18.6 Å². The van der Waals surface area contributed by atoms with E-state index < -0.39 is 0 Å². The van der Waals surface area contributed by atoms with Crippen LogP contribution in [0.15, 0.2) is 0 Å². The van der Waals surface area contributed by atoms with Crippen LogP contribution in [0.25, 0.3) is 0 Å². The van der Waals surface area contributed by atoms with Crippen molar-refractivity contribution >= 4 is 0 Å². The molecule has 0 aliphatic heterocycles. The van der Waals surface area contributed by atoms with Crippen molar-refractivity contribution in [3.8, 4) is 6.07 Å². The molecule has 0 saturated heterocycles. The van der Waals surface area contributed by atoms with Crippen LogP contribution in [0.5, 0.6) is 0 Å². The summed E-state index contributed by atoms with van der Waals surface area (Å²) in [5.41, 5.74) is 0. The molecule has 0 heterocycles. The monoisotopic (exact) mass is 196 g/mol. The van der Waals surface area contributed by atoms with Crippen molar-refractivity contribution < 1.29 is 5.11 Å². The van der Waals surface area contributed by atoms with Gasteiger partial charge in [-0.1, -0.05) is 6.92 Å². The fraction of sp³-hybridized carbons (Fsp3) is 0.909. The van der Waals surface area contributed by atoms with E-state index in [2.05, 4.69) is 24.9 Å². The Bertz CT molecular complexity index is 206. The number of nitriles is 1. The molecule has 0 aromatic heterocycles. The molecule has 14 heavy (non-hydrogen) atoms. The maximum atomic E-state index is 9.16. The lowest BCUT2D eigenvalue weighted by atomic mass is 9.82. The van der Waals surface area contributed by atoms with Crippen molar-refractivity contribution in [2.45, 2.75) is 44.8 Å². The molecule has 1 unspecified atom stereocenters. The predicted octanol–water partition coefficient (Wildman–Crippen LogP) is 1.38. The molecular formula is C11H20N2O. The number of hydrogen-bond donors (Lipinski definition) is 1. The van der Waals surface area contributed by atoms with Gasteiger partial charge < -0.3 is 10.0 Å². The Hall–Kier alpha value is -0.590. The molecule has 0 radical (unpaired) electrons. The van der Waals surface area contributed by atoms with Gasteiger partial charge >= 0.3 is 0 Å². The minimum Gasteiger partial charge on any atom is -0.393 e. The summed E-state index contributed by atoms with van der Waals surface area (Å²) < 4.78 is 0. The quantitative estimate of drug-likeness (QED) is 0.722. The maximum absolute atomic E-state index is 9.16. The van der Waals surface area contributed by atoms with Gasteiger partial charge in [-0.25, -0.2) is 0 Å². The minimum absolute atomic E-state index is 0.0653. The maximum Gasteiger partial charge on any atom is 0.0638 e. The van der Waals surface area contributed by atoms with Crippen LogP contribution in [0.4, 0.5) is 0 Å². The summed E-state index contributed by atoms with van der Waals surface area (Å²) in [6, 6.07) is 2.61. The lowest BCUT2D eigenvalue weighted by Gasteiger charge is -2.36. The van der Waals surface area contributed by atoms with Gasteiger partial charge in [-0.2, -0.15) is 5.26 Å². The standard InChI is InChI=1S/C11H20N2O/c1-3-10(4-5-12)13(2)8-9-6-11(14)7-9/h9-11,14H,3-4,6-8H2,1-2H3. The summed E-state index contributed by atoms with van der Waals surface area (Å²) in [7, 11) is 2.08. The molecule has 1 N–H and O–H groups in total. The number of hydrogen-bond acceptors (Lipinski definition) is 3. The van der Waals surface area contributed by atoms with Gasteiger partial charge in [0.25, 0.3) is 0 Å². The van der Waals surface area contributed by atoms with Gasteiger partial charge in [-0.05, 0) is 32.2 Å². The van der Waals surface area contributed by atoms with Gasteiger partial charge in [-0.15, -0.1) is 0 Å². The van der Waals surface area contributed by atoms with Gasteiger partial charge in [-0.3, -0.25) is 0 Å². The lowest BCUT2D eigenvalue weighted by molar-refractivity contribution is 0.0220. The highest BCUT2D eigenvalue weighted by molar-refractivity contribution is 4.85. The van der Waals surface area contributed by atoms with E-state index in [0.29, 0.717) is 18.4 Å². The Balaban J connectivity index is 2.25. The second kappa shape index (κ2) is 5.33. The molecule has 1 rings (SSSR count). The summed E-state index contributed by atoms with van der Waals surface area (Å²) in [5.74, 6) is 0.641. The van der Waals surface area contributed by atoms with E-state index in [9.17, 15) is 0 Å². The van der Waals surface area contributed by atoms with Crippen LogP contribution < -0.4 is 0 Å². The molecule has 1 fully saturated rings. The summed E-state index contributed by atoms with van der Waals surface area (Å²) in [5, 5.41) is 17.8. The van der Waals surface area contributed by atoms with Crippen LogP contribution >= 0.6 is 0 Å². The summed E-state index contributed by atoms with van der Waals surface area (Å²) >= 11 is 0. The average molecular weight is 196 g/mol. The van der Waals surface area contributed by atoms with Crippen LogP contribution in [-0.4, -0.2) is 35.7 Å². The molecule has 0 aromatic rings. The normalized spacial score (nSPS) is 28.2. The molecule has 0 bridgehead atoms. The van der Waals surface area contributed by atoms with Crippen LogP contribution in [0, 0.1) is 17.2 Å². The Labute approximate surface area is 86.3 Å². The molecule has 1 saturated carbocycles. The molecule has 3 heteroatoms. The van der Waals surface area contributed by atoms with E-state index >= 15 is 0 Å². The topological polar surface area (TPSA) is 47.3 Å². The summed E-state index contributed by atoms with van der Waals surface area (Å²) in [4.78, 5) is 2.26. The lowest BCUT2D eigenvalue weighted by Crippen LogP contribution is -2.41. The van der Waals surface area contributed by atoms with Gasteiger partial charge in [0.1, 0.15) is 0 Å². The molecule has 1 aliphatic carbocycles. The molecule has 0 aromatic carbocycles. The smallest absolute Gasteiger partial charge is 0.0638 e. The van der Waals surface area contributed by atoms with Crippen molar-refractivity contribution in [2.75, 3.05) is 13.6 Å². The third-order valence-electron chi connectivity index (χ3n) is 3.18. The largest absolute Gasteiger partial charge is 0.393 e. The van der Waals surface area contributed by atoms with E-state index in [1.165, 1.54) is 0 Å². The molecular weight excluding hydrogens is 176 g/mol. The predicted molar refractivity (Wildman–Crippen MR) is 55.7 cm³/mol. The fourth-order valence-electron chi connectivity index (χ4n) is 2.12. The molecule has 3 nitrogen and oxygen atoms in total. The molecule has 0 spiro atoms. The second-order valence-corrected chi connectivity index (χ2v) is 4.36. The van der Waals surface area contributed by atoms with Crippen molar-refractivity contribution in [3.63, 3.8) is 0 Å². The highest BCUT2D eigenvalue weighted by Crippen LogP contribution is 2.28. The Morgan fingerprint density at radius 3 is 2.64 bits per heavy atom. The zero-order chi connectivity index (χ0) is 10.6. The third-order valence-corrected chi connectivity index (χ3v) is 3.18. The number of aliphatic hydroxyl groups is 1. The Kier molecular flexibility index (Phi) is 4.37. The van der Waals surface area contributed by atoms with E-state index in [1.54, 1.807) is 0 Å². The SMILES string of the molecule is CCC(CC#N)N(C)CC1CC(O)C1. The number of rotatable bonds is 5. The van der Waals surface area contributed by atoms with Crippen LogP contribution in [0.3, 0.4) is 0 Å². The van der Waals surface area contributed by atoms with Crippen molar-refractivity contribution in [1.82, 2.24) is 4.90 Å². The first kappa shape index (κ1) is 11.5. The molecule has 0 amide bonds. The fourth-order valence-corrected chi connectivity index (χ4v) is 2.12. The van der Waals surface area contributed by atoms with E-state index in [-0.39, 0.29) is 6.10 Å². The summed E-state index contributed by atoms with van der Waals surface area (Å²) in [6.07, 6.45) is 3.45. The van der Waals surface area contributed by atoms with Crippen molar-refractivity contribution in [2.24, 2.45) is 5.92 Å². The molecule has 80 valence electrons. The number of aliphatic hydroxyl groups excluding tert-OH is 1. The number of nitrogens with zero attached hydrogens (tertiary/aromatic N) is 2. The van der Waals surface area contributed by atoms with Gasteiger partial charge in [0.2, 0.25) is 0 Å². The first-order valence-corrected chi connectivity index (χ1v) is 5.42. The Morgan fingerprint density at radius 2 is 2.21 bits per heavy atom. The van der Waals surface area contributed by atoms with E-state index in [1.807, 2.05) is 0 Å². The zero-order valence-electron chi connectivity index (χ0n) is 9.11. The van der Waals surface area contributed by atoms with Gasteiger partial charge in [0.15, 0.2) is 0 Å². The molecule has 1 atom stereocenters. The Morgan fingerprint density at radius 1 is 1.57 bits per heavy atom. The van der Waals surface area contributed by atoms with Gasteiger partial charge in [0, 0.05) is 12.6 Å². The van der Waals surface area contributed by atoms with Crippen molar-refractivity contribution in [1.29, 1.82) is 5.26 Å². The van der Waals surface area contributed by atoms with E-state index in [4.69, 9.17) is 10.4 Å². The highest BCUT2D eigenvalue weighted by atomic mass is 16.3. The molecule has 1 aliphatic rings. The average Bonchev–Trinajstić information content (AvgIpc) is 2.11. The van der Waals surface area contributed by atoms with Crippen molar-refractivity contribution in [3.05, 3.63) is 0 Å². The van der Waals surface area contributed by atoms with E-state index in [0.717, 1.165) is 25.8 Å². The van der Waals surface area contributed by atoms with Crippen LogP contribution in [0.1, 0.15) is 32.6 Å². The van der Waals surface area contributed by atoms with Crippen LogP contribution in [0.2, 0.25) is 0 Å². The zero-order valence-corrected chi connectivity index (χ0v) is 9.11. The van der Waals surface area contributed by atoms with Crippen LogP contribution in [-0.2, 0) is 0 Å².